The van der Waals surface area contributed by atoms with Crippen LogP contribution in [0.15, 0.2) is 35.5 Å². The molecule has 30 heavy (non-hydrogen) atoms. The van der Waals surface area contributed by atoms with Crippen LogP contribution in [0.5, 0.6) is 0 Å². The highest BCUT2D eigenvalue weighted by atomic mass is 35.5. The van der Waals surface area contributed by atoms with E-state index in [9.17, 15) is 22.4 Å². The number of nitrogens with zero attached hydrogens (tertiary/aromatic N) is 2. The zero-order valence-corrected chi connectivity index (χ0v) is 17.0. The van der Waals surface area contributed by atoms with Crippen LogP contribution in [0.3, 0.4) is 0 Å². The number of aliphatic imine (C=N–C) groups is 1. The van der Waals surface area contributed by atoms with Crippen molar-refractivity contribution in [1.82, 2.24) is 4.98 Å². The number of nitrogens with one attached hydrogen (secondary N) is 1. The molecule has 2 aliphatic rings. The maximum absolute atomic E-state index is 14.7. The average Bonchev–Trinajstić information content (AvgIpc) is 3.42. The number of anilines is 1. The first-order chi connectivity index (χ1) is 14.1. The second-order valence-corrected chi connectivity index (χ2v) is 9.17. The van der Waals surface area contributed by atoms with Gasteiger partial charge in [0.25, 0.3) is 12.3 Å². The molecule has 1 saturated carbocycles. The minimum atomic E-state index is -2.70. The smallest absolute Gasteiger partial charge is 0.274 e. The predicted molar refractivity (Wildman–Crippen MR) is 107 cm³/mol. The van der Waals surface area contributed by atoms with E-state index in [0.29, 0.717) is 5.02 Å². The van der Waals surface area contributed by atoms with Gasteiger partial charge in [-0.05, 0) is 31.5 Å². The van der Waals surface area contributed by atoms with Crippen molar-refractivity contribution in [1.29, 1.82) is 0 Å². The molecule has 3 atom stereocenters. The quantitative estimate of drug-likeness (QED) is 0.658. The summed E-state index contributed by atoms with van der Waals surface area (Å²) in [6.07, 6.45) is -1.38. The van der Waals surface area contributed by atoms with Crippen LogP contribution in [-0.4, -0.2) is 27.2 Å². The molecule has 4 rings (SSSR count). The van der Waals surface area contributed by atoms with E-state index in [-0.39, 0.29) is 28.5 Å². The summed E-state index contributed by atoms with van der Waals surface area (Å²) < 4.78 is 54.9. The Morgan fingerprint density at radius 3 is 2.73 bits per heavy atom. The van der Waals surface area contributed by atoms with Crippen molar-refractivity contribution in [2.24, 2.45) is 16.6 Å². The molecule has 2 aromatic rings. The first-order valence-electron chi connectivity index (χ1n) is 8.82. The van der Waals surface area contributed by atoms with Gasteiger partial charge in [-0.25, -0.2) is 22.5 Å². The molecule has 1 aromatic heterocycles. The molecule has 0 saturated heterocycles. The Balaban J connectivity index is 1.71. The van der Waals surface area contributed by atoms with Gasteiger partial charge in [-0.3, -0.25) is 9.79 Å². The Morgan fingerprint density at radius 1 is 1.37 bits per heavy atom. The highest BCUT2D eigenvalue weighted by Crippen LogP contribution is 2.68. The van der Waals surface area contributed by atoms with Gasteiger partial charge in [0.05, 0.1) is 15.3 Å². The van der Waals surface area contributed by atoms with Gasteiger partial charge in [0, 0.05) is 29.4 Å². The highest BCUT2D eigenvalue weighted by Gasteiger charge is 2.71. The van der Waals surface area contributed by atoms with Crippen LogP contribution in [-0.2, 0) is 5.54 Å². The van der Waals surface area contributed by atoms with Crippen LogP contribution in [0.25, 0.3) is 0 Å². The van der Waals surface area contributed by atoms with E-state index in [4.69, 9.17) is 17.3 Å². The number of fused-ring (bicyclic) bond motifs is 1. The molecule has 11 heteroatoms. The molecule has 0 unspecified atom stereocenters. The first kappa shape index (κ1) is 20.9. The number of amidine groups is 1. The summed E-state index contributed by atoms with van der Waals surface area (Å²) in [5.74, 6) is -3.88. The average molecular weight is 459 g/mol. The van der Waals surface area contributed by atoms with Crippen molar-refractivity contribution in [3.05, 3.63) is 58.4 Å². The Kier molecular flexibility index (Phi) is 4.97. The van der Waals surface area contributed by atoms with Crippen molar-refractivity contribution < 1.29 is 22.4 Å². The number of carbonyl (C=O) groups is 1. The number of nitrogens with two attached hydrogens (primary N) is 1. The predicted octanol–water partition coefficient (Wildman–Crippen LogP) is 4.57. The molecule has 0 spiro atoms. The SMILES string of the molecule is C[C@]1(c2cc(NC(=O)c3ccc(Cl)cn3)cc(F)c2F)N=C(N)S[C@@]2(C(F)F)C[C@@H]12. The van der Waals surface area contributed by atoms with Crippen LogP contribution < -0.4 is 11.1 Å². The molecule has 1 aliphatic carbocycles. The Labute approximate surface area is 178 Å². The topological polar surface area (TPSA) is 80.4 Å². The fourth-order valence-corrected chi connectivity index (χ4v) is 5.29. The maximum atomic E-state index is 14.7. The molecule has 0 bridgehead atoms. The van der Waals surface area contributed by atoms with E-state index in [2.05, 4.69) is 15.3 Å². The molecule has 2 heterocycles. The first-order valence-corrected chi connectivity index (χ1v) is 10.0. The third-order valence-corrected chi connectivity index (χ3v) is 6.96. The molecule has 1 amide bonds. The summed E-state index contributed by atoms with van der Waals surface area (Å²) in [5, 5.41) is 2.64. The van der Waals surface area contributed by atoms with Gasteiger partial charge in [-0.2, -0.15) is 0 Å². The number of aromatic nitrogens is 1. The number of halogens is 5. The number of amides is 1. The molecule has 1 aliphatic heterocycles. The number of hydrogen-bond acceptors (Lipinski definition) is 5. The lowest BCUT2D eigenvalue weighted by Crippen LogP contribution is -2.39. The molecule has 1 aromatic carbocycles. The monoisotopic (exact) mass is 458 g/mol. The van der Waals surface area contributed by atoms with E-state index < -0.39 is 40.2 Å². The third kappa shape index (κ3) is 3.31. The molecular weight excluding hydrogens is 444 g/mol. The number of rotatable bonds is 4. The Morgan fingerprint density at radius 2 is 2.10 bits per heavy atom. The third-order valence-electron chi connectivity index (χ3n) is 5.43. The lowest BCUT2D eigenvalue weighted by Gasteiger charge is -2.34. The van der Waals surface area contributed by atoms with Crippen molar-refractivity contribution >= 4 is 40.1 Å². The fourth-order valence-electron chi connectivity index (χ4n) is 3.84. The zero-order chi connectivity index (χ0) is 21.8. The highest BCUT2D eigenvalue weighted by molar-refractivity contribution is 8.15. The zero-order valence-electron chi connectivity index (χ0n) is 15.4. The summed E-state index contributed by atoms with van der Waals surface area (Å²) in [5.41, 5.74) is 3.94. The van der Waals surface area contributed by atoms with Gasteiger partial charge >= 0.3 is 0 Å². The maximum Gasteiger partial charge on any atom is 0.274 e. The summed E-state index contributed by atoms with van der Waals surface area (Å²) in [7, 11) is 0. The van der Waals surface area contributed by atoms with Gasteiger partial charge in [0.1, 0.15) is 5.69 Å². The summed E-state index contributed by atoms with van der Waals surface area (Å²) in [6.45, 7) is 1.44. The minimum absolute atomic E-state index is 0.00661. The van der Waals surface area contributed by atoms with Gasteiger partial charge in [-0.15, -0.1) is 0 Å². The normalized spacial score (nSPS) is 27.4. The van der Waals surface area contributed by atoms with Crippen molar-refractivity contribution in [3.8, 4) is 0 Å². The molecule has 5 nitrogen and oxygen atoms in total. The number of alkyl halides is 2. The molecule has 3 N–H and O–H groups in total. The van der Waals surface area contributed by atoms with Gasteiger partial charge in [0.15, 0.2) is 16.8 Å². The summed E-state index contributed by atoms with van der Waals surface area (Å²) in [4.78, 5) is 20.4. The molecular formula is C19H15ClF4N4OS. The van der Waals surface area contributed by atoms with E-state index in [0.717, 1.165) is 17.8 Å². The van der Waals surface area contributed by atoms with Gasteiger partial charge in [-0.1, -0.05) is 23.4 Å². The lowest BCUT2D eigenvalue weighted by molar-refractivity contribution is 0.102. The summed E-state index contributed by atoms with van der Waals surface area (Å²) >= 11 is 6.50. The van der Waals surface area contributed by atoms with Crippen molar-refractivity contribution in [3.63, 3.8) is 0 Å². The van der Waals surface area contributed by atoms with Crippen LogP contribution in [0.2, 0.25) is 5.02 Å². The lowest BCUT2D eigenvalue weighted by atomic mass is 9.85. The molecule has 1 fully saturated rings. The Hall–Kier alpha value is -2.33. The van der Waals surface area contributed by atoms with Crippen LogP contribution in [0.1, 0.15) is 29.4 Å². The Bertz CT molecular complexity index is 1070. The van der Waals surface area contributed by atoms with Gasteiger partial charge in [0.2, 0.25) is 0 Å². The number of carbonyl (C=O) groups excluding carboxylic acids is 1. The number of benzene rings is 1. The standard InChI is InChI=1S/C19H15ClF4N4OS/c1-18(13-6-19(13,16(23)24)30-17(25)28-18)10-4-9(5-11(21)14(10)22)27-15(29)12-3-2-8(20)7-26-12/h2-5,7,13,16H,6H2,1H3,(H2,25,28)(H,27,29)/t13-,18+,19-/m0/s1. The van der Waals surface area contributed by atoms with Crippen LogP contribution >= 0.6 is 23.4 Å². The van der Waals surface area contributed by atoms with Crippen molar-refractivity contribution in [2.45, 2.75) is 30.1 Å². The summed E-state index contributed by atoms with van der Waals surface area (Å²) in [6, 6.07) is 4.81. The van der Waals surface area contributed by atoms with Gasteiger partial charge < -0.3 is 11.1 Å². The van der Waals surface area contributed by atoms with E-state index >= 15 is 0 Å². The van der Waals surface area contributed by atoms with E-state index in [1.807, 2.05) is 0 Å². The fraction of sp³-hybridized carbons (Fsp3) is 0.316. The molecule has 158 valence electrons. The van der Waals surface area contributed by atoms with E-state index in [1.54, 1.807) is 0 Å². The minimum Gasteiger partial charge on any atom is -0.378 e. The van der Waals surface area contributed by atoms with Crippen molar-refractivity contribution in [2.75, 3.05) is 5.32 Å². The number of thioether (sulfide) groups is 1. The van der Waals surface area contributed by atoms with Crippen LogP contribution in [0.4, 0.5) is 23.2 Å². The van der Waals surface area contributed by atoms with Crippen LogP contribution in [0, 0.1) is 17.6 Å². The largest absolute Gasteiger partial charge is 0.378 e. The second-order valence-electron chi connectivity index (χ2n) is 7.35. The number of hydrogen-bond donors (Lipinski definition) is 2. The number of pyridine rings is 1. The molecule has 0 radical (unpaired) electrons. The second kappa shape index (κ2) is 7.12. The van der Waals surface area contributed by atoms with E-state index in [1.165, 1.54) is 31.3 Å².